The van der Waals surface area contributed by atoms with Gasteiger partial charge in [0.05, 0.1) is 4.92 Å². The topological polar surface area (TPSA) is 104 Å². The Morgan fingerprint density at radius 1 is 1.12 bits per heavy atom. The van der Waals surface area contributed by atoms with Crippen molar-refractivity contribution in [2.45, 2.75) is 6.61 Å². The fourth-order valence-electron chi connectivity index (χ4n) is 2.05. The van der Waals surface area contributed by atoms with E-state index in [1.54, 1.807) is 24.3 Å². The highest BCUT2D eigenvalue weighted by Crippen LogP contribution is 2.26. The predicted molar refractivity (Wildman–Crippen MR) is 91.0 cm³/mol. The number of hydrogen-bond acceptors (Lipinski definition) is 6. The number of anilines is 1. The van der Waals surface area contributed by atoms with Crippen LogP contribution < -0.4 is 10.5 Å². The first kappa shape index (κ1) is 17.3. The lowest BCUT2D eigenvalue weighted by atomic mass is 10.1. The van der Waals surface area contributed by atoms with Crippen molar-refractivity contribution in [3.05, 3.63) is 70.5 Å². The van der Waals surface area contributed by atoms with E-state index in [1.165, 1.54) is 18.4 Å². The number of nitrogens with zero attached hydrogens (tertiary/aromatic N) is 2. The lowest BCUT2D eigenvalue weighted by Gasteiger charge is -2.07. The van der Waals surface area contributed by atoms with Crippen LogP contribution in [0.5, 0.6) is 5.75 Å². The number of hydrogen-bond donors (Lipinski definition) is 1. The number of halogens is 1. The fourth-order valence-corrected chi connectivity index (χ4v) is 2.05. The molecule has 2 N–H and O–H groups in total. The van der Waals surface area contributed by atoms with Crippen molar-refractivity contribution in [3.8, 4) is 17.0 Å². The molecule has 0 aliphatic carbocycles. The number of nitro benzene ring substituents is 1. The smallest absolute Gasteiger partial charge is 0.269 e. The van der Waals surface area contributed by atoms with Gasteiger partial charge in [-0.3, -0.25) is 10.1 Å². The van der Waals surface area contributed by atoms with Crippen LogP contribution in [-0.2, 0) is 6.61 Å². The Hall–Kier alpha value is -3.06. The molecule has 8 heteroatoms. The van der Waals surface area contributed by atoms with Gasteiger partial charge in [0.25, 0.3) is 5.69 Å². The van der Waals surface area contributed by atoms with Crippen molar-refractivity contribution < 1.29 is 14.2 Å². The lowest BCUT2D eigenvalue weighted by Crippen LogP contribution is -1.96. The van der Waals surface area contributed by atoms with Crippen LogP contribution in [0, 0.1) is 10.1 Å². The van der Waals surface area contributed by atoms with Gasteiger partial charge in [-0.05, 0) is 42.0 Å². The summed E-state index contributed by atoms with van der Waals surface area (Å²) in [7, 11) is 0. The molecule has 0 saturated heterocycles. The number of non-ortho nitro benzene ring substituents is 1. The van der Waals surface area contributed by atoms with E-state index >= 15 is 0 Å². The van der Waals surface area contributed by atoms with Gasteiger partial charge >= 0.3 is 0 Å². The van der Waals surface area contributed by atoms with Gasteiger partial charge in [-0.15, -0.1) is 12.4 Å². The predicted octanol–water partition coefficient (Wildman–Crippen LogP) is 3.83. The number of nitrogen functional groups attached to an aromatic ring is 1. The summed E-state index contributed by atoms with van der Waals surface area (Å²) in [6, 6.07) is 13.5. The molecule has 3 rings (SSSR count). The maximum absolute atomic E-state index is 10.6. The second kappa shape index (κ2) is 7.47. The van der Waals surface area contributed by atoms with Crippen LogP contribution in [0.25, 0.3) is 11.3 Å². The van der Waals surface area contributed by atoms with E-state index in [0.717, 1.165) is 11.1 Å². The summed E-state index contributed by atoms with van der Waals surface area (Å²) in [5.41, 5.74) is 8.55. The summed E-state index contributed by atoms with van der Waals surface area (Å²) in [6.07, 6.45) is 1.38. The molecule has 1 aromatic heterocycles. The third-order valence-corrected chi connectivity index (χ3v) is 3.28. The Bertz CT molecular complexity index is 816. The standard InChI is InChI=1S/C16H13N3O4.ClH/c17-15-10-23-18-16(15)12-3-7-14(8-4-12)22-9-11-1-5-13(6-2-11)19(20)21;/h1-8,10H,9,17H2;1H. The zero-order valence-electron chi connectivity index (χ0n) is 12.4. The summed E-state index contributed by atoms with van der Waals surface area (Å²) >= 11 is 0. The molecule has 0 fully saturated rings. The van der Waals surface area contributed by atoms with Crippen LogP contribution in [0.2, 0.25) is 0 Å². The van der Waals surface area contributed by atoms with Gasteiger partial charge in [0.15, 0.2) is 0 Å². The lowest BCUT2D eigenvalue weighted by molar-refractivity contribution is -0.384. The van der Waals surface area contributed by atoms with Crippen LogP contribution in [0.15, 0.2) is 59.3 Å². The highest BCUT2D eigenvalue weighted by Gasteiger charge is 2.08. The van der Waals surface area contributed by atoms with Crippen molar-refractivity contribution in [2.24, 2.45) is 0 Å². The van der Waals surface area contributed by atoms with E-state index in [1.807, 2.05) is 12.1 Å². The third-order valence-electron chi connectivity index (χ3n) is 3.28. The van der Waals surface area contributed by atoms with Crippen molar-refractivity contribution in [2.75, 3.05) is 5.73 Å². The minimum Gasteiger partial charge on any atom is -0.489 e. The van der Waals surface area contributed by atoms with Gasteiger partial charge in [0.1, 0.15) is 30.0 Å². The Balaban J connectivity index is 0.00000208. The van der Waals surface area contributed by atoms with Gasteiger partial charge < -0.3 is 15.0 Å². The maximum atomic E-state index is 10.6. The second-order valence-corrected chi connectivity index (χ2v) is 4.86. The molecule has 0 atom stereocenters. The summed E-state index contributed by atoms with van der Waals surface area (Å²) in [5, 5.41) is 14.4. The van der Waals surface area contributed by atoms with E-state index in [-0.39, 0.29) is 18.1 Å². The normalized spacial score (nSPS) is 10.0. The molecule has 0 bridgehead atoms. The van der Waals surface area contributed by atoms with Gasteiger partial charge in [-0.25, -0.2) is 0 Å². The summed E-state index contributed by atoms with van der Waals surface area (Å²) in [4.78, 5) is 10.2. The molecule has 0 aliphatic rings. The number of ether oxygens (including phenoxy) is 1. The molecule has 0 saturated carbocycles. The van der Waals surface area contributed by atoms with Crippen LogP contribution in [0.1, 0.15) is 5.56 Å². The van der Waals surface area contributed by atoms with E-state index < -0.39 is 4.92 Å². The number of nitro groups is 1. The molecule has 0 amide bonds. The zero-order valence-corrected chi connectivity index (χ0v) is 13.2. The van der Waals surface area contributed by atoms with Crippen molar-refractivity contribution in [3.63, 3.8) is 0 Å². The first-order valence-electron chi connectivity index (χ1n) is 6.80. The monoisotopic (exact) mass is 347 g/mol. The third kappa shape index (κ3) is 3.82. The Morgan fingerprint density at radius 2 is 1.79 bits per heavy atom. The van der Waals surface area contributed by atoms with E-state index in [9.17, 15) is 10.1 Å². The largest absolute Gasteiger partial charge is 0.489 e. The number of rotatable bonds is 5. The van der Waals surface area contributed by atoms with E-state index in [2.05, 4.69) is 5.16 Å². The van der Waals surface area contributed by atoms with Crippen LogP contribution >= 0.6 is 12.4 Å². The SMILES string of the molecule is Cl.Nc1conc1-c1ccc(OCc2ccc([N+](=O)[O-])cc2)cc1. The molecule has 7 nitrogen and oxygen atoms in total. The summed E-state index contributed by atoms with van der Waals surface area (Å²) < 4.78 is 10.5. The minimum atomic E-state index is -0.432. The van der Waals surface area contributed by atoms with Crippen LogP contribution in [-0.4, -0.2) is 10.1 Å². The molecule has 2 aromatic carbocycles. The van der Waals surface area contributed by atoms with E-state index in [0.29, 0.717) is 23.7 Å². The maximum Gasteiger partial charge on any atom is 0.269 e. The van der Waals surface area contributed by atoms with Crippen molar-refractivity contribution >= 4 is 23.8 Å². The highest BCUT2D eigenvalue weighted by molar-refractivity contribution is 5.85. The second-order valence-electron chi connectivity index (χ2n) is 4.86. The van der Waals surface area contributed by atoms with E-state index in [4.69, 9.17) is 15.0 Å². The Labute approximate surface area is 143 Å². The summed E-state index contributed by atoms with van der Waals surface area (Å²) in [6.45, 7) is 0.323. The van der Waals surface area contributed by atoms with Gasteiger partial charge in [-0.1, -0.05) is 5.16 Å². The molecule has 0 radical (unpaired) electrons. The van der Waals surface area contributed by atoms with Gasteiger partial charge in [0.2, 0.25) is 0 Å². The van der Waals surface area contributed by atoms with Crippen molar-refractivity contribution in [1.29, 1.82) is 0 Å². The molecule has 1 heterocycles. The number of nitrogens with two attached hydrogens (primary N) is 1. The minimum absolute atomic E-state index is 0. The van der Waals surface area contributed by atoms with Gasteiger partial charge in [0, 0.05) is 17.7 Å². The van der Waals surface area contributed by atoms with Crippen LogP contribution in [0.3, 0.4) is 0 Å². The quantitative estimate of drug-likeness (QED) is 0.555. The molecule has 0 aliphatic heterocycles. The molecule has 0 unspecified atom stereocenters. The molecule has 124 valence electrons. The fraction of sp³-hybridized carbons (Fsp3) is 0.0625. The first-order valence-corrected chi connectivity index (χ1v) is 6.80. The Kier molecular flexibility index (Phi) is 5.39. The summed E-state index contributed by atoms with van der Waals surface area (Å²) in [5.74, 6) is 0.675. The average Bonchev–Trinajstić information content (AvgIpc) is 3.00. The van der Waals surface area contributed by atoms with Crippen LogP contribution in [0.4, 0.5) is 11.4 Å². The Morgan fingerprint density at radius 3 is 2.33 bits per heavy atom. The van der Waals surface area contributed by atoms with Crippen molar-refractivity contribution in [1.82, 2.24) is 5.16 Å². The molecular formula is C16H14ClN3O4. The average molecular weight is 348 g/mol. The molecule has 24 heavy (non-hydrogen) atoms. The van der Waals surface area contributed by atoms with Gasteiger partial charge in [-0.2, -0.15) is 0 Å². The highest BCUT2D eigenvalue weighted by atomic mass is 35.5. The molecule has 3 aromatic rings. The molecule has 0 spiro atoms. The number of benzene rings is 2. The molecular weight excluding hydrogens is 334 g/mol. The number of aromatic nitrogens is 1. The first-order chi connectivity index (χ1) is 11.1. The zero-order chi connectivity index (χ0) is 16.2.